The average molecular weight is 383 g/mol. The summed E-state index contributed by atoms with van der Waals surface area (Å²) >= 11 is 6.91. The largest absolute Gasteiger partial charge is 0.481 e. The van der Waals surface area contributed by atoms with Crippen LogP contribution in [0.25, 0.3) is 0 Å². The normalized spacial score (nSPS) is 10.5. The Morgan fingerprint density at radius 1 is 1.36 bits per heavy atom. The van der Waals surface area contributed by atoms with Gasteiger partial charge in [-0.2, -0.15) is 0 Å². The van der Waals surface area contributed by atoms with Gasteiger partial charge in [-0.1, -0.05) is 29.4 Å². The molecule has 0 unspecified atom stereocenters. The number of amides is 1. The van der Waals surface area contributed by atoms with Crippen LogP contribution < -0.4 is 10.9 Å². The number of aryl methyl sites for hydroxylation is 2. The van der Waals surface area contributed by atoms with Crippen LogP contribution in [0.1, 0.15) is 17.7 Å². The first kappa shape index (κ1) is 18.9. The van der Waals surface area contributed by atoms with Gasteiger partial charge in [0.2, 0.25) is 5.91 Å². The van der Waals surface area contributed by atoms with Crippen LogP contribution >= 0.6 is 23.4 Å². The Kier molecular flexibility index (Phi) is 6.54. The summed E-state index contributed by atoms with van der Waals surface area (Å²) in [7, 11) is 0. The number of benzene rings is 1. The molecule has 1 amide bonds. The highest BCUT2D eigenvalue weighted by molar-refractivity contribution is 7.99. The van der Waals surface area contributed by atoms with Gasteiger partial charge in [0.05, 0.1) is 12.2 Å². The highest BCUT2D eigenvalue weighted by atomic mass is 35.5. The molecule has 0 aliphatic carbocycles. The number of aliphatic carboxylic acids is 1. The van der Waals surface area contributed by atoms with Crippen molar-refractivity contribution < 1.29 is 14.7 Å². The molecule has 8 nitrogen and oxygen atoms in total. The molecule has 132 valence electrons. The number of aromatic amines is 1. The number of thioether (sulfide) groups is 1. The number of nitrogens with zero attached hydrogens (tertiary/aromatic N) is 2. The molecule has 0 atom stereocenters. The maximum absolute atomic E-state index is 12.0. The number of halogens is 1. The average Bonchev–Trinajstić information content (AvgIpc) is 2.55. The zero-order valence-corrected chi connectivity index (χ0v) is 14.8. The molecule has 0 fully saturated rings. The second-order valence-corrected chi connectivity index (χ2v) is 6.50. The lowest BCUT2D eigenvalue weighted by atomic mass is 10.2. The van der Waals surface area contributed by atoms with Crippen LogP contribution in [0.3, 0.4) is 0 Å². The van der Waals surface area contributed by atoms with E-state index in [0.29, 0.717) is 10.7 Å². The molecule has 0 saturated carbocycles. The number of carboxylic acids is 1. The molecule has 2 aromatic rings. The van der Waals surface area contributed by atoms with Crippen LogP contribution in [-0.4, -0.2) is 37.9 Å². The summed E-state index contributed by atoms with van der Waals surface area (Å²) < 4.78 is 0. The molecular weight excluding hydrogens is 368 g/mol. The molecule has 1 aromatic carbocycles. The van der Waals surface area contributed by atoms with Crippen molar-refractivity contribution >= 4 is 40.9 Å². The van der Waals surface area contributed by atoms with Crippen molar-refractivity contribution in [2.24, 2.45) is 0 Å². The van der Waals surface area contributed by atoms with Gasteiger partial charge in [0.1, 0.15) is 5.69 Å². The van der Waals surface area contributed by atoms with Gasteiger partial charge in [-0.15, -0.1) is 10.2 Å². The van der Waals surface area contributed by atoms with Gasteiger partial charge in [-0.3, -0.25) is 19.4 Å². The molecule has 25 heavy (non-hydrogen) atoms. The van der Waals surface area contributed by atoms with Crippen LogP contribution in [0.5, 0.6) is 0 Å². The van der Waals surface area contributed by atoms with E-state index < -0.39 is 11.5 Å². The van der Waals surface area contributed by atoms with Crippen molar-refractivity contribution in [3.8, 4) is 0 Å². The van der Waals surface area contributed by atoms with Gasteiger partial charge in [-0.05, 0) is 24.6 Å². The Morgan fingerprint density at radius 3 is 2.80 bits per heavy atom. The molecule has 0 radical (unpaired) electrons. The molecule has 0 spiro atoms. The second-order valence-electron chi connectivity index (χ2n) is 5.10. The Hall–Kier alpha value is -2.39. The van der Waals surface area contributed by atoms with E-state index in [1.807, 2.05) is 6.92 Å². The monoisotopic (exact) mass is 382 g/mol. The number of carbonyl (C=O) groups is 2. The summed E-state index contributed by atoms with van der Waals surface area (Å²) in [6.45, 7) is 1.85. The van der Waals surface area contributed by atoms with Gasteiger partial charge in [-0.25, -0.2) is 0 Å². The summed E-state index contributed by atoms with van der Waals surface area (Å²) in [4.78, 5) is 36.8. The maximum atomic E-state index is 12.0. The summed E-state index contributed by atoms with van der Waals surface area (Å²) in [6, 6.07) is 5.18. The van der Waals surface area contributed by atoms with Crippen molar-refractivity contribution in [3.05, 3.63) is 44.8 Å². The Bertz CT molecular complexity index is 856. The molecule has 0 aliphatic heterocycles. The molecule has 0 aliphatic rings. The number of rotatable bonds is 7. The summed E-state index contributed by atoms with van der Waals surface area (Å²) in [6.07, 6.45) is -0.206. The molecule has 1 aromatic heterocycles. The first-order chi connectivity index (χ1) is 11.8. The van der Waals surface area contributed by atoms with E-state index in [4.69, 9.17) is 16.7 Å². The lowest BCUT2D eigenvalue weighted by Crippen LogP contribution is -2.20. The van der Waals surface area contributed by atoms with E-state index in [9.17, 15) is 14.4 Å². The predicted octanol–water partition coefficient (Wildman–Crippen LogP) is 1.87. The zero-order chi connectivity index (χ0) is 18.4. The number of carbonyl (C=O) groups excluding carboxylic acids is 1. The number of carboxylic acid groups (broad SMARTS) is 1. The highest BCUT2D eigenvalue weighted by Gasteiger charge is 2.10. The molecular formula is C15H15ClN4O4S. The van der Waals surface area contributed by atoms with Gasteiger partial charge >= 0.3 is 5.97 Å². The third kappa shape index (κ3) is 5.87. The van der Waals surface area contributed by atoms with Crippen molar-refractivity contribution in [2.45, 2.75) is 24.9 Å². The van der Waals surface area contributed by atoms with E-state index >= 15 is 0 Å². The Morgan fingerprint density at radius 2 is 2.12 bits per heavy atom. The van der Waals surface area contributed by atoms with E-state index in [1.54, 1.807) is 18.2 Å². The van der Waals surface area contributed by atoms with E-state index in [-0.39, 0.29) is 35.4 Å². The van der Waals surface area contributed by atoms with Gasteiger partial charge in [0.15, 0.2) is 5.16 Å². The van der Waals surface area contributed by atoms with Gasteiger partial charge in [0, 0.05) is 17.1 Å². The number of aromatic nitrogens is 3. The van der Waals surface area contributed by atoms with Crippen molar-refractivity contribution in [3.63, 3.8) is 0 Å². The standard InChI is InChI=1S/C15H15ClN4O4S/c1-8-2-3-9(16)6-11(8)17-12(21)7-25-15-18-14(24)10(19-20-15)4-5-13(22)23/h2-3,6H,4-5,7H2,1H3,(H,17,21)(H,22,23)(H,18,20,24). The van der Waals surface area contributed by atoms with Crippen LogP contribution in [0.4, 0.5) is 5.69 Å². The number of hydrogen-bond donors (Lipinski definition) is 3. The summed E-state index contributed by atoms with van der Waals surface area (Å²) in [5.74, 6) is -1.29. The van der Waals surface area contributed by atoms with Crippen LogP contribution in [0, 0.1) is 6.92 Å². The third-order valence-electron chi connectivity index (χ3n) is 3.13. The first-order valence-corrected chi connectivity index (χ1v) is 8.58. The number of H-pyrrole nitrogens is 1. The maximum Gasteiger partial charge on any atom is 0.303 e. The van der Waals surface area contributed by atoms with Gasteiger partial charge < -0.3 is 10.4 Å². The minimum Gasteiger partial charge on any atom is -0.481 e. The van der Waals surface area contributed by atoms with Crippen LogP contribution in [0.2, 0.25) is 5.02 Å². The second kappa shape index (κ2) is 8.63. The lowest BCUT2D eigenvalue weighted by molar-refractivity contribution is -0.137. The highest BCUT2D eigenvalue weighted by Crippen LogP contribution is 2.20. The third-order valence-corrected chi connectivity index (χ3v) is 4.23. The fraction of sp³-hybridized carbons (Fsp3) is 0.267. The molecule has 0 bridgehead atoms. The van der Waals surface area contributed by atoms with E-state index in [2.05, 4.69) is 20.5 Å². The van der Waals surface area contributed by atoms with E-state index in [1.165, 1.54) is 0 Å². The fourth-order valence-corrected chi connectivity index (χ4v) is 2.62. The number of nitrogens with one attached hydrogen (secondary N) is 2. The number of hydrogen-bond acceptors (Lipinski definition) is 6. The Balaban J connectivity index is 1.93. The first-order valence-electron chi connectivity index (χ1n) is 7.21. The molecule has 10 heteroatoms. The topological polar surface area (TPSA) is 125 Å². The molecule has 0 saturated heterocycles. The molecule has 1 heterocycles. The fourth-order valence-electron chi connectivity index (χ4n) is 1.85. The number of anilines is 1. The molecule has 2 rings (SSSR count). The Labute approximate surface area is 152 Å². The van der Waals surface area contributed by atoms with Crippen molar-refractivity contribution in [2.75, 3.05) is 11.1 Å². The van der Waals surface area contributed by atoms with Crippen LogP contribution in [-0.2, 0) is 16.0 Å². The minimum atomic E-state index is -1.02. The van der Waals surface area contributed by atoms with E-state index in [0.717, 1.165) is 17.3 Å². The SMILES string of the molecule is Cc1ccc(Cl)cc1NC(=O)CSc1nnc(CCC(=O)O)c(=O)[nH]1. The van der Waals surface area contributed by atoms with Crippen molar-refractivity contribution in [1.82, 2.24) is 15.2 Å². The van der Waals surface area contributed by atoms with Crippen molar-refractivity contribution in [1.29, 1.82) is 0 Å². The molecule has 3 N–H and O–H groups in total. The summed E-state index contributed by atoms with van der Waals surface area (Å²) in [5, 5.41) is 19.5. The zero-order valence-electron chi connectivity index (χ0n) is 13.2. The lowest BCUT2D eigenvalue weighted by Gasteiger charge is -2.08. The van der Waals surface area contributed by atoms with Gasteiger partial charge in [0.25, 0.3) is 5.56 Å². The quantitative estimate of drug-likeness (QED) is 0.624. The van der Waals surface area contributed by atoms with Crippen LogP contribution in [0.15, 0.2) is 28.2 Å². The minimum absolute atomic E-state index is 0.00283. The predicted molar refractivity (Wildman–Crippen MR) is 94.2 cm³/mol. The smallest absolute Gasteiger partial charge is 0.303 e. The summed E-state index contributed by atoms with van der Waals surface area (Å²) in [5.41, 5.74) is 1.02.